The lowest BCUT2D eigenvalue weighted by atomic mass is 10.1. The molecule has 10 heteroatoms. The highest BCUT2D eigenvalue weighted by Crippen LogP contribution is 2.34. The van der Waals surface area contributed by atoms with Crippen molar-refractivity contribution < 1.29 is 30.6 Å². The highest BCUT2D eigenvalue weighted by molar-refractivity contribution is 7.87. The Bertz CT molecular complexity index is 1160. The number of anilines is 1. The van der Waals surface area contributed by atoms with Gasteiger partial charge in [0.05, 0.1) is 16.8 Å². The van der Waals surface area contributed by atoms with Crippen LogP contribution in [-0.2, 0) is 21.1 Å². The molecule has 0 aliphatic rings. The number of rotatable bonds is 4. The summed E-state index contributed by atoms with van der Waals surface area (Å²) in [5, 5.41) is 2.83. The van der Waals surface area contributed by atoms with Crippen molar-refractivity contribution in [2.75, 3.05) is 5.32 Å². The fourth-order valence-electron chi connectivity index (χ4n) is 2.50. The van der Waals surface area contributed by atoms with Gasteiger partial charge in [0.2, 0.25) is 5.91 Å². The van der Waals surface area contributed by atoms with Crippen molar-refractivity contribution in [1.29, 1.82) is 0 Å². The molecule has 0 bridgehead atoms. The Balaban J connectivity index is 2.04. The average Bonchev–Trinajstić information content (AvgIpc) is 2.63. The number of alkyl halides is 3. The van der Waals surface area contributed by atoms with Gasteiger partial charge in [-0.25, -0.2) is 0 Å². The smallest absolute Gasteiger partial charge is 0.378 e. The molecular formula is C18H13F3N2O4S. The number of hydrogen-bond donors (Lipinski definition) is 1. The van der Waals surface area contributed by atoms with Crippen LogP contribution in [0.3, 0.4) is 0 Å². The zero-order valence-electron chi connectivity index (χ0n) is 14.3. The van der Waals surface area contributed by atoms with E-state index in [1.807, 2.05) is 0 Å². The maximum absolute atomic E-state index is 12.9. The molecule has 0 saturated heterocycles. The lowest BCUT2D eigenvalue weighted by Crippen LogP contribution is -2.13. The number of pyridine rings is 1. The fraction of sp³-hybridized carbons (Fsp3) is 0.111. The van der Waals surface area contributed by atoms with Crippen LogP contribution in [0.15, 0.2) is 59.6 Å². The first-order chi connectivity index (χ1) is 13.1. The van der Waals surface area contributed by atoms with Gasteiger partial charge in [-0.2, -0.15) is 21.6 Å². The fourth-order valence-corrected chi connectivity index (χ4v) is 3.50. The molecule has 28 heavy (non-hydrogen) atoms. The lowest BCUT2D eigenvalue weighted by molar-refractivity contribution is -0.137. The zero-order valence-corrected chi connectivity index (χ0v) is 15.1. The van der Waals surface area contributed by atoms with Crippen LogP contribution in [-0.4, -0.2) is 19.3 Å². The van der Waals surface area contributed by atoms with Gasteiger partial charge in [0.1, 0.15) is 4.90 Å². The van der Waals surface area contributed by atoms with Gasteiger partial charge in [-0.05, 0) is 42.5 Å². The summed E-state index contributed by atoms with van der Waals surface area (Å²) >= 11 is 0. The van der Waals surface area contributed by atoms with E-state index in [4.69, 9.17) is 4.18 Å². The number of aromatic nitrogens is 1. The molecule has 0 radical (unpaired) electrons. The maximum Gasteiger partial charge on any atom is 0.416 e. The Morgan fingerprint density at radius 1 is 1.11 bits per heavy atom. The van der Waals surface area contributed by atoms with E-state index >= 15 is 0 Å². The van der Waals surface area contributed by atoms with Crippen LogP contribution < -0.4 is 9.50 Å². The highest BCUT2D eigenvalue weighted by atomic mass is 32.2. The van der Waals surface area contributed by atoms with E-state index in [0.717, 1.165) is 18.2 Å². The van der Waals surface area contributed by atoms with Crippen molar-refractivity contribution in [3.05, 3.63) is 60.3 Å². The number of carbonyl (C=O) groups is 1. The molecule has 1 amide bonds. The van der Waals surface area contributed by atoms with Gasteiger partial charge in [-0.15, -0.1) is 0 Å². The van der Waals surface area contributed by atoms with Gasteiger partial charge in [-0.3, -0.25) is 9.78 Å². The Kier molecular flexibility index (Phi) is 4.99. The summed E-state index contributed by atoms with van der Waals surface area (Å²) in [6.07, 6.45) is -3.25. The number of amides is 1. The molecule has 2 aromatic carbocycles. The maximum atomic E-state index is 12.9. The Labute approximate surface area is 158 Å². The Morgan fingerprint density at radius 3 is 2.54 bits per heavy atom. The quantitative estimate of drug-likeness (QED) is 0.658. The number of benzene rings is 2. The van der Waals surface area contributed by atoms with Crippen molar-refractivity contribution in [3.63, 3.8) is 0 Å². The van der Waals surface area contributed by atoms with Crippen LogP contribution in [0.4, 0.5) is 18.9 Å². The third-order valence-electron chi connectivity index (χ3n) is 3.69. The van der Waals surface area contributed by atoms with Crippen molar-refractivity contribution in [1.82, 2.24) is 4.98 Å². The number of fused-ring (bicyclic) bond motifs is 1. The SMILES string of the molecule is CC(=O)Nc1ccc(OS(=O)(=O)c2cccc(C(F)(F)F)c2)c2cccnc12. The first-order valence-corrected chi connectivity index (χ1v) is 9.26. The summed E-state index contributed by atoms with van der Waals surface area (Å²) in [6.45, 7) is 1.30. The third-order valence-corrected chi connectivity index (χ3v) is 4.92. The minimum atomic E-state index is -4.69. The van der Waals surface area contributed by atoms with Gasteiger partial charge in [-0.1, -0.05) is 6.07 Å². The van der Waals surface area contributed by atoms with Crippen LogP contribution in [0, 0.1) is 0 Å². The van der Waals surface area contributed by atoms with Gasteiger partial charge in [0, 0.05) is 18.5 Å². The molecule has 0 atom stereocenters. The summed E-state index contributed by atoms with van der Waals surface area (Å²) in [7, 11) is -4.54. The molecule has 1 aromatic heterocycles. The van der Waals surface area contributed by atoms with Crippen molar-refractivity contribution in [2.24, 2.45) is 0 Å². The number of nitrogens with zero attached hydrogens (tertiary/aromatic N) is 1. The first-order valence-electron chi connectivity index (χ1n) is 7.85. The number of carbonyl (C=O) groups excluding carboxylic acids is 1. The predicted octanol–water partition coefficient (Wildman–Crippen LogP) is 3.98. The van der Waals surface area contributed by atoms with E-state index < -0.39 is 26.8 Å². The molecule has 146 valence electrons. The molecule has 0 spiro atoms. The van der Waals surface area contributed by atoms with Crippen molar-refractivity contribution in [2.45, 2.75) is 18.0 Å². The van der Waals surface area contributed by atoms with Gasteiger partial charge in [0.25, 0.3) is 0 Å². The lowest BCUT2D eigenvalue weighted by Gasteiger charge is -2.13. The zero-order chi connectivity index (χ0) is 20.5. The van der Waals surface area contributed by atoms with Crippen molar-refractivity contribution >= 4 is 32.6 Å². The Hall–Kier alpha value is -3.14. The second kappa shape index (κ2) is 7.12. The van der Waals surface area contributed by atoms with Crippen LogP contribution in [0.2, 0.25) is 0 Å². The normalized spacial score (nSPS) is 12.0. The summed E-state index contributed by atoms with van der Waals surface area (Å²) in [5.74, 6) is -0.480. The number of nitrogens with one attached hydrogen (secondary N) is 1. The molecule has 0 aliphatic heterocycles. The van der Waals surface area contributed by atoms with E-state index in [0.29, 0.717) is 11.8 Å². The number of hydrogen-bond acceptors (Lipinski definition) is 5. The van der Waals surface area contributed by atoms with Crippen LogP contribution in [0.1, 0.15) is 12.5 Å². The minimum Gasteiger partial charge on any atom is -0.378 e. The first kappa shape index (κ1) is 19.6. The van der Waals surface area contributed by atoms with Crippen LogP contribution in [0.25, 0.3) is 10.9 Å². The summed E-state index contributed by atoms with van der Waals surface area (Å²) < 4.78 is 68.7. The van der Waals surface area contributed by atoms with E-state index in [-0.39, 0.29) is 22.6 Å². The molecule has 0 unspecified atom stereocenters. The van der Waals surface area contributed by atoms with Gasteiger partial charge in [0.15, 0.2) is 5.75 Å². The van der Waals surface area contributed by atoms with E-state index in [9.17, 15) is 26.4 Å². The summed E-state index contributed by atoms with van der Waals surface area (Å²) in [6, 6.07) is 9.00. The number of halogens is 3. The monoisotopic (exact) mass is 410 g/mol. The average molecular weight is 410 g/mol. The molecule has 3 aromatic rings. The van der Waals surface area contributed by atoms with Gasteiger partial charge < -0.3 is 9.50 Å². The molecule has 0 saturated carbocycles. The standard InChI is InChI=1S/C18H13F3N2O4S/c1-11(24)23-15-7-8-16(14-6-3-9-22-17(14)15)27-28(25,26)13-5-2-4-12(10-13)18(19,20)21/h2-10H,1H3,(H,23,24). The second-order valence-corrected chi connectivity index (χ2v) is 7.30. The molecule has 1 N–H and O–H groups in total. The molecule has 0 aliphatic carbocycles. The van der Waals surface area contributed by atoms with Crippen LogP contribution in [0.5, 0.6) is 5.75 Å². The topological polar surface area (TPSA) is 85.4 Å². The van der Waals surface area contributed by atoms with E-state index in [1.165, 1.54) is 37.4 Å². The van der Waals surface area contributed by atoms with Crippen molar-refractivity contribution in [3.8, 4) is 5.75 Å². The molecule has 1 heterocycles. The second-order valence-electron chi connectivity index (χ2n) is 5.76. The largest absolute Gasteiger partial charge is 0.416 e. The molecule has 3 rings (SSSR count). The molecule has 6 nitrogen and oxygen atoms in total. The summed E-state index contributed by atoms with van der Waals surface area (Å²) in [4.78, 5) is 14.8. The Morgan fingerprint density at radius 2 is 1.86 bits per heavy atom. The summed E-state index contributed by atoms with van der Waals surface area (Å²) in [5.41, 5.74) is -0.494. The van der Waals surface area contributed by atoms with E-state index in [1.54, 1.807) is 0 Å². The highest BCUT2D eigenvalue weighted by Gasteiger charge is 2.32. The van der Waals surface area contributed by atoms with Crippen LogP contribution >= 0.6 is 0 Å². The predicted molar refractivity (Wildman–Crippen MR) is 95.3 cm³/mol. The van der Waals surface area contributed by atoms with Gasteiger partial charge >= 0.3 is 16.3 Å². The molecule has 0 fully saturated rings. The third kappa shape index (κ3) is 4.06. The van der Waals surface area contributed by atoms with E-state index in [2.05, 4.69) is 10.3 Å². The molecular weight excluding hydrogens is 397 g/mol. The minimum absolute atomic E-state index is 0.130.